The molecule has 26 heavy (non-hydrogen) atoms. The lowest BCUT2D eigenvalue weighted by Crippen LogP contribution is -2.75. The lowest BCUT2D eigenvalue weighted by Gasteiger charge is -2.61. The van der Waals surface area contributed by atoms with Crippen molar-refractivity contribution in [1.29, 1.82) is 0 Å². The molecule has 3 fully saturated rings. The van der Waals surface area contributed by atoms with Crippen LogP contribution in [0.4, 0.5) is 4.39 Å². The minimum atomic E-state index is -0.835. The van der Waals surface area contributed by atoms with Gasteiger partial charge in [-0.2, -0.15) is 0 Å². The Morgan fingerprint density at radius 2 is 1.77 bits per heavy atom. The number of aliphatic hydroxyl groups is 1. The summed E-state index contributed by atoms with van der Waals surface area (Å²) in [5.74, 6) is 0.0260. The fraction of sp³-hybridized carbons (Fsp3) is 0.667. The van der Waals surface area contributed by atoms with E-state index in [4.69, 9.17) is 12.2 Å². The van der Waals surface area contributed by atoms with Gasteiger partial charge in [0.2, 0.25) is 0 Å². The second-order valence-electron chi connectivity index (χ2n) is 8.35. The molecule has 0 radical (unpaired) electrons. The van der Waals surface area contributed by atoms with Crippen LogP contribution in [0.15, 0.2) is 24.3 Å². The van der Waals surface area contributed by atoms with Crippen molar-refractivity contribution in [3.8, 4) is 0 Å². The largest absolute Gasteiger partial charge is 0.370 e. The molecule has 4 rings (SSSR count). The molecule has 0 bridgehead atoms. The van der Waals surface area contributed by atoms with Gasteiger partial charge in [0, 0.05) is 18.0 Å². The monoisotopic (exact) mass is 376 g/mol. The third-order valence-electron chi connectivity index (χ3n) is 6.86. The number of thiocarbonyl (C=S) groups is 1. The summed E-state index contributed by atoms with van der Waals surface area (Å²) < 4.78 is 13.1. The third kappa shape index (κ3) is 3.13. The first kappa shape index (κ1) is 18.2. The van der Waals surface area contributed by atoms with E-state index in [9.17, 15) is 9.50 Å². The molecule has 1 spiro atoms. The highest BCUT2D eigenvalue weighted by Gasteiger charge is 2.58. The van der Waals surface area contributed by atoms with Crippen molar-refractivity contribution in [1.82, 2.24) is 10.2 Å². The zero-order valence-electron chi connectivity index (χ0n) is 15.3. The van der Waals surface area contributed by atoms with Gasteiger partial charge in [-0.1, -0.05) is 37.8 Å². The van der Waals surface area contributed by atoms with Gasteiger partial charge >= 0.3 is 0 Å². The maximum Gasteiger partial charge on any atom is 0.171 e. The molecule has 142 valence electrons. The Morgan fingerprint density at radius 3 is 2.50 bits per heavy atom. The van der Waals surface area contributed by atoms with Gasteiger partial charge in [0.1, 0.15) is 11.5 Å². The van der Waals surface area contributed by atoms with Crippen LogP contribution in [-0.4, -0.2) is 32.9 Å². The molecule has 1 heterocycles. The second kappa shape index (κ2) is 7.08. The van der Waals surface area contributed by atoms with Gasteiger partial charge in [-0.05, 0) is 68.4 Å². The minimum absolute atomic E-state index is 0.0170. The van der Waals surface area contributed by atoms with Crippen LogP contribution in [0.2, 0.25) is 0 Å². The summed E-state index contributed by atoms with van der Waals surface area (Å²) in [5.41, 5.74) is 0.220. The van der Waals surface area contributed by atoms with Gasteiger partial charge < -0.3 is 15.3 Å². The van der Waals surface area contributed by atoms with Crippen LogP contribution in [-0.2, 0) is 6.42 Å². The Kier molecular flexibility index (Phi) is 4.95. The average Bonchev–Trinajstić information content (AvgIpc) is 2.63. The maximum atomic E-state index is 13.1. The fourth-order valence-corrected chi connectivity index (χ4v) is 6.02. The number of halogens is 1. The summed E-state index contributed by atoms with van der Waals surface area (Å²) in [6, 6.07) is 6.64. The summed E-state index contributed by atoms with van der Waals surface area (Å²) in [5, 5.41) is 16.2. The lowest BCUT2D eigenvalue weighted by molar-refractivity contribution is -0.181. The topological polar surface area (TPSA) is 35.5 Å². The summed E-state index contributed by atoms with van der Waals surface area (Å²) in [6.45, 7) is 0.667. The normalized spacial score (nSPS) is 30.8. The minimum Gasteiger partial charge on any atom is -0.370 e. The van der Waals surface area contributed by atoms with Crippen LogP contribution < -0.4 is 5.32 Å². The zero-order chi connectivity index (χ0) is 18.2. The molecular weight excluding hydrogens is 347 g/mol. The maximum absolute atomic E-state index is 13.1. The molecule has 0 unspecified atom stereocenters. The van der Waals surface area contributed by atoms with Crippen molar-refractivity contribution in [2.75, 3.05) is 6.54 Å². The van der Waals surface area contributed by atoms with Crippen LogP contribution in [0.1, 0.15) is 63.4 Å². The van der Waals surface area contributed by atoms with E-state index in [0.717, 1.165) is 44.1 Å². The van der Waals surface area contributed by atoms with Gasteiger partial charge in [-0.25, -0.2) is 4.39 Å². The Morgan fingerprint density at radius 1 is 1.08 bits per heavy atom. The summed E-state index contributed by atoms with van der Waals surface area (Å²) in [7, 11) is 0. The third-order valence-corrected chi connectivity index (χ3v) is 7.19. The Balaban J connectivity index is 1.56. The van der Waals surface area contributed by atoms with Gasteiger partial charge in [-0.3, -0.25) is 0 Å². The second-order valence-corrected chi connectivity index (χ2v) is 8.74. The van der Waals surface area contributed by atoms with Crippen LogP contribution in [0.25, 0.3) is 0 Å². The van der Waals surface area contributed by atoms with E-state index in [1.165, 1.54) is 37.8 Å². The predicted octanol–water partition coefficient (Wildman–Crippen LogP) is 4.14. The van der Waals surface area contributed by atoms with E-state index in [0.29, 0.717) is 11.7 Å². The first-order valence-electron chi connectivity index (χ1n) is 10.1. The molecule has 1 saturated heterocycles. The van der Waals surface area contributed by atoms with Gasteiger partial charge in [0.25, 0.3) is 0 Å². The van der Waals surface area contributed by atoms with Crippen molar-refractivity contribution in [2.24, 2.45) is 5.92 Å². The number of hydrogen-bond donors (Lipinski definition) is 2. The molecular formula is C21H29FN2OS. The number of hydrogen-bond acceptors (Lipinski definition) is 2. The lowest BCUT2D eigenvalue weighted by atomic mass is 9.62. The average molecular weight is 377 g/mol. The van der Waals surface area contributed by atoms with Crippen LogP contribution in [0.3, 0.4) is 0 Å². The van der Waals surface area contributed by atoms with Crippen molar-refractivity contribution in [2.45, 2.75) is 75.5 Å². The van der Waals surface area contributed by atoms with Crippen molar-refractivity contribution in [3.63, 3.8) is 0 Å². The molecule has 0 aromatic heterocycles. The first-order chi connectivity index (χ1) is 12.5. The zero-order valence-corrected chi connectivity index (χ0v) is 16.2. The molecule has 3 aliphatic rings. The van der Waals surface area contributed by atoms with E-state index in [1.807, 2.05) is 17.0 Å². The van der Waals surface area contributed by atoms with E-state index >= 15 is 0 Å². The molecule has 2 atom stereocenters. The molecule has 2 N–H and O–H groups in total. The Bertz CT molecular complexity index is 658. The van der Waals surface area contributed by atoms with Crippen molar-refractivity contribution < 1.29 is 9.50 Å². The fourth-order valence-electron chi connectivity index (χ4n) is 5.57. The van der Waals surface area contributed by atoms with Crippen molar-refractivity contribution >= 4 is 17.3 Å². The number of nitrogens with one attached hydrogen (secondary N) is 1. The SMILES string of the molecule is O[C@]12CCCC[C@H]1C1(CCCCC1)NC(=S)N2CCc1ccc(F)cc1. The number of nitrogens with zero attached hydrogens (tertiary/aromatic N) is 1. The van der Waals surface area contributed by atoms with Gasteiger partial charge in [-0.15, -0.1) is 0 Å². The Labute approximate surface area is 161 Å². The highest BCUT2D eigenvalue weighted by atomic mass is 32.1. The molecule has 1 aromatic rings. The smallest absolute Gasteiger partial charge is 0.171 e. The first-order valence-corrected chi connectivity index (χ1v) is 10.5. The molecule has 0 amide bonds. The standard InChI is InChI=1S/C21H29FN2OS/c22-17-9-7-16(8-10-17)11-15-24-19(26)23-20(12-3-1-4-13-20)18-6-2-5-14-21(18,24)25/h7-10,18,25H,1-6,11-15H2,(H,23,26)/t18-,21+/m0/s1. The number of fused-ring (bicyclic) bond motifs is 2. The summed E-state index contributed by atoms with van der Waals surface area (Å²) in [6.07, 6.45) is 10.8. The molecule has 1 aliphatic heterocycles. The van der Waals surface area contributed by atoms with E-state index in [-0.39, 0.29) is 17.3 Å². The Hall–Kier alpha value is -1.20. The van der Waals surface area contributed by atoms with Gasteiger partial charge in [0.15, 0.2) is 5.11 Å². The van der Waals surface area contributed by atoms with Crippen LogP contribution in [0, 0.1) is 11.7 Å². The van der Waals surface area contributed by atoms with Gasteiger partial charge in [0.05, 0.1) is 0 Å². The summed E-state index contributed by atoms with van der Waals surface area (Å²) >= 11 is 5.75. The molecule has 1 aromatic carbocycles. The molecule has 5 heteroatoms. The molecule has 2 saturated carbocycles. The summed E-state index contributed by atoms with van der Waals surface area (Å²) in [4.78, 5) is 2.04. The van der Waals surface area contributed by atoms with E-state index < -0.39 is 5.72 Å². The highest BCUT2D eigenvalue weighted by molar-refractivity contribution is 7.80. The highest BCUT2D eigenvalue weighted by Crippen LogP contribution is 2.50. The molecule has 3 nitrogen and oxygen atoms in total. The quantitative estimate of drug-likeness (QED) is 0.777. The van der Waals surface area contributed by atoms with E-state index in [2.05, 4.69) is 5.32 Å². The van der Waals surface area contributed by atoms with Crippen LogP contribution in [0.5, 0.6) is 0 Å². The predicted molar refractivity (Wildman–Crippen MR) is 105 cm³/mol. The van der Waals surface area contributed by atoms with E-state index in [1.54, 1.807) is 0 Å². The van der Waals surface area contributed by atoms with Crippen LogP contribution >= 0.6 is 12.2 Å². The molecule has 2 aliphatic carbocycles. The number of rotatable bonds is 3. The number of benzene rings is 1. The van der Waals surface area contributed by atoms with Crippen molar-refractivity contribution in [3.05, 3.63) is 35.6 Å².